The highest BCUT2D eigenvalue weighted by Gasteiger charge is 2.36. The van der Waals surface area contributed by atoms with Gasteiger partial charge in [-0.3, -0.25) is 0 Å². The summed E-state index contributed by atoms with van der Waals surface area (Å²) in [6.07, 6.45) is 8.18. The second kappa shape index (κ2) is 5.99. The molecule has 94 valence electrons. The molecule has 16 heavy (non-hydrogen) atoms. The van der Waals surface area contributed by atoms with Crippen molar-refractivity contribution < 1.29 is 9.47 Å². The van der Waals surface area contributed by atoms with Crippen molar-refractivity contribution >= 4 is 0 Å². The Morgan fingerprint density at radius 2 is 1.88 bits per heavy atom. The molecule has 0 unspecified atom stereocenters. The highest BCUT2D eigenvalue weighted by molar-refractivity contribution is 4.87. The number of hydrogen-bond acceptors (Lipinski definition) is 3. The highest BCUT2D eigenvalue weighted by atomic mass is 16.6. The van der Waals surface area contributed by atoms with Crippen LogP contribution in [0.3, 0.4) is 0 Å². The fourth-order valence-corrected chi connectivity index (χ4v) is 2.70. The largest absolute Gasteiger partial charge is 0.376 e. The molecule has 0 spiro atoms. The van der Waals surface area contributed by atoms with Gasteiger partial charge in [0.2, 0.25) is 0 Å². The highest BCUT2D eigenvalue weighted by Crippen LogP contribution is 2.32. The van der Waals surface area contributed by atoms with Gasteiger partial charge in [0, 0.05) is 6.54 Å². The summed E-state index contributed by atoms with van der Waals surface area (Å²) in [5, 5.41) is 3.47. The third kappa shape index (κ3) is 3.19. The molecular formula is C13H25NO2. The molecular weight excluding hydrogens is 202 g/mol. The van der Waals surface area contributed by atoms with E-state index in [0.29, 0.717) is 6.10 Å². The fraction of sp³-hybridized carbons (Fsp3) is 1.00. The molecule has 3 heteroatoms. The van der Waals surface area contributed by atoms with E-state index < -0.39 is 0 Å². The van der Waals surface area contributed by atoms with E-state index in [0.717, 1.165) is 26.3 Å². The zero-order valence-electron chi connectivity index (χ0n) is 10.5. The van der Waals surface area contributed by atoms with Crippen molar-refractivity contribution in [1.82, 2.24) is 5.32 Å². The molecule has 1 N–H and O–H groups in total. The average molecular weight is 227 g/mol. The Bertz CT molecular complexity index is 196. The Morgan fingerprint density at radius 1 is 1.19 bits per heavy atom. The van der Waals surface area contributed by atoms with Crippen LogP contribution in [-0.4, -0.2) is 38.0 Å². The summed E-state index contributed by atoms with van der Waals surface area (Å²) in [6.45, 7) is 5.81. The van der Waals surface area contributed by atoms with E-state index in [9.17, 15) is 0 Å². The van der Waals surface area contributed by atoms with Crippen LogP contribution in [0.15, 0.2) is 0 Å². The van der Waals surface area contributed by atoms with Gasteiger partial charge in [0.1, 0.15) is 6.10 Å². The Hall–Kier alpha value is -0.120. The van der Waals surface area contributed by atoms with Gasteiger partial charge in [0.25, 0.3) is 0 Å². The van der Waals surface area contributed by atoms with Crippen LogP contribution < -0.4 is 5.32 Å². The molecule has 0 bridgehead atoms. The van der Waals surface area contributed by atoms with Gasteiger partial charge in [0.15, 0.2) is 0 Å². The molecule has 0 aromatic carbocycles. The second-order valence-corrected chi connectivity index (χ2v) is 5.15. The average Bonchev–Trinajstić information content (AvgIpc) is 2.47. The van der Waals surface area contributed by atoms with Crippen LogP contribution >= 0.6 is 0 Å². The van der Waals surface area contributed by atoms with Gasteiger partial charge in [-0.05, 0) is 19.4 Å². The zero-order valence-corrected chi connectivity index (χ0v) is 10.5. The molecule has 1 saturated heterocycles. The molecule has 2 aliphatic rings. The summed E-state index contributed by atoms with van der Waals surface area (Å²) in [5.41, 5.74) is 0.0982. The lowest BCUT2D eigenvalue weighted by Gasteiger charge is -2.40. The molecule has 2 fully saturated rings. The minimum Gasteiger partial charge on any atom is -0.376 e. The van der Waals surface area contributed by atoms with E-state index in [1.54, 1.807) is 0 Å². The topological polar surface area (TPSA) is 30.5 Å². The van der Waals surface area contributed by atoms with E-state index in [1.165, 1.54) is 38.5 Å². The lowest BCUT2D eigenvalue weighted by molar-refractivity contribution is -0.195. The Morgan fingerprint density at radius 3 is 2.38 bits per heavy atom. The van der Waals surface area contributed by atoms with E-state index in [-0.39, 0.29) is 5.60 Å². The van der Waals surface area contributed by atoms with Crippen LogP contribution in [-0.2, 0) is 9.47 Å². The normalized spacial score (nSPS) is 26.1. The lowest BCUT2D eigenvalue weighted by atomic mass is 9.93. The van der Waals surface area contributed by atoms with Crippen LogP contribution in [0.2, 0.25) is 0 Å². The van der Waals surface area contributed by atoms with E-state index >= 15 is 0 Å². The van der Waals surface area contributed by atoms with E-state index in [4.69, 9.17) is 9.47 Å². The SMILES string of the molecule is CCNCC1(OC2COC2)CCCCCC1. The van der Waals surface area contributed by atoms with Crippen LogP contribution in [0.25, 0.3) is 0 Å². The number of likely N-dealkylation sites (N-methyl/N-ethyl adjacent to an activating group) is 1. The van der Waals surface area contributed by atoms with Gasteiger partial charge < -0.3 is 14.8 Å². The predicted molar refractivity (Wildman–Crippen MR) is 64.7 cm³/mol. The van der Waals surface area contributed by atoms with Gasteiger partial charge in [0.05, 0.1) is 18.8 Å². The fourth-order valence-electron chi connectivity index (χ4n) is 2.70. The van der Waals surface area contributed by atoms with Crippen molar-refractivity contribution in [2.24, 2.45) is 0 Å². The first-order valence-corrected chi connectivity index (χ1v) is 6.81. The minimum absolute atomic E-state index is 0.0982. The van der Waals surface area contributed by atoms with Crippen LogP contribution in [0, 0.1) is 0 Å². The summed E-state index contributed by atoms with van der Waals surface area (Å²) in [4.78, 5) is 0. The van der Waals surface area contributed by atoms with Gasteiger partial charge in [-0.25, -0.2) is 0 Å². The Labute approximate surface area is 98.9 Å². The number of ether oxygens (including phenoxy) is 2. The molecule has 1 aliphatic carbocycles. The quantitative estimate of drug-likeness (QED) is 0.730. The summed E-state index contributed by atoms with van der Waals surface area (Å²) < 4.78 is 11.5. The predicted octanol–water partition coefficient (Wildman–Crippen LogP) is 2.10. The molecule has 1 aliphatic heterocycles. The minimum atomic E-state index is 0.0982. The zero-order chi connectivity index (χ0) is 11.3. The summed E-state index contributed by atoms with van der Waals surface area (Å²) in [7, 11) is 0. The molecule has 1 saturated carbocycles. The van der Waals surface area contributed by atoms with Crippen molar-refractivity contribution in [1.29, 1.82) is 0 Å². The van der Waals surface area contributed by atoms with Gasteiger partial charge in [-0.2, -0.15) is 0 Å². The molecule has 1 heterocycles. The molecule has 2 rings (SSSR count). The van der Waals surface area contributed by atoms with Crippen LogP contribution in [0.5, 0.6) is 0 Å². The van der Waals surface area contributed by atoms with E-state index in [2.05, 4.69) is 12.2 Å². The molecule has 3 nitrogen and oxygen atoms in total. The maximum Gasteiger partial charge on any atom is 0.105 e. The molecule has 0 aromatic rings. The number of nitrogens with one attached hydrogen (secondary N) is 1. The third-order valence-corrected chi connectivity index (χ3v) is 3.74. The van der Waals surface area contributed by atoms with Crippen molar-refractivity contribution in [3.05, 3.63) is 0 Å². The van der Waals surface area contributed by atoms with Crippen molar-refractivity contribution in [2.75, 3.05) is 26.3 Å². The third-order valence-electron chi connectivity index (χ3n) is 3.74. The first-order chi connectivity index (χ1) is 7.85. The van der Waals surface area contributed by atoms with Gasteiger partial charge in [-0.1, -0.05) is 32.6 Å². The van der Waals surface area contributed by atoms with Crippen molar-refractivity contribution in [3.63, 3.8) is 0 Å². The lowest BCUT2D eigenvalue weighted by Crippen LogP contribution is -2.50. The maximum absolute atomic E-state index is 6.31. The Kier molecular flexibility index (Phi) is 4.62. The van der Waals surface area contributed by atoms with Crippen LogP contribution in [0.4, 0.5) is 0 Å². The van der Waals surface area contributed by atoms with Crippen molar-refractivity contribution in [2.45, 2.75) is 57.2 Å². The standard InChI is InChI=1S/C13H25NO2/c1-2-14-11-13(16-12-9-15-10-12)7-5-3-4-6-8-13/h12,14H,2-11H2,1H3. The second-order valence-electron chi connectivity index (χ2n) is 5.15. The molecule has 0 atom stereocenters. The van der Waals surface area contributed by atoms with Crippen LogP contribution in [0.1, 0.15) is 45.4 Å². The van der Waals surface area contributed by atoms with Crippen molar-refractivity contribution in [3.8, 4) is 0 Å². The summed E-state index contributed by atoms with van der Waals surface area (Å²) in [6, 6.07) is 0. The molecule has 0 amide bonds. The Balaban J connectivity index is 1.91. The summed E-state index contributed by atoms with van der Waals surface area (Å²) in [5.74, 6) is 0. The first kappa shape index (κ1) is 12.3. The monoisotopic (exact) mass is 227 g/mol. The number of hydrogen-bond donors (Lipinski definition) is 1. The molecule has 0 radical (unpaired) electrons. The van der Waals surface area contributed by atoms with Gasteiger partial charge >= 0.3 is 0 Å². The van der Waals surface area contributed by atoms with E-state index in [1.807, 2.05) is 0 Å². The number of rotatable bonds is 5. The maximum atomic E-state index is 6.31. The smallest absolute Gasteiger partial charge is 0.105 e. The first-order valence-electron chi connectivity index (χ1n) is 6.81. The summed E-state index contributed by atoms with van der Waals surface area (Å²) >= 11 is 0. The molecule has 0 aromatic heterocycles. The van der Waals surface area contributed by atoms with Gasteiger partial charge in [-0.15, -0.1) is 0 Å².